The van der Waals surface area contributed by atoms with E-state index in [2.05, 4.69) is 34.9 Å². The lowest BCUT2D eigenvalue weighted by Crippen LogP contribution is -2.50. The Balaban J connectivity index is 1.11. The summed E-state index contributed by atoms with van der Waals surface area (Å²) in [5, 5.41) is 15.0. The van der Waals surface area contributed by atoms with Gasteiger partial charge in [-0.2, -0.15) is 0 Å². The number of carboxylic acids is 1. The highest BCUT2D eigenvalue weighted by molar-refractivity contribution is 5.80. The quantitative estimate of drug-likeness (QED) is 0.531. The molecule has 0 bridgehead atoms. The van der Waals surface area contributed by atoms with Gasteiger partial charge in [0, 0.05) is 24.4 Å². The van der Waals surface area contributed by atoms with Crippen LogP contribution in [0.4, 0.5) is 4.79 Å². The number of nitrogens with one attached hydrogen (secondary N) is 2. The second kappa shape index (κ2) is 9.72. The molecule has 0 saturated heterocycles. The van der Waals surface area contributed by atoms with E-state index in [-0.39, 0.29) is 42.9 Å². The Morgan fingerprint density at radius 2 is 1.66 bits per heavy atom. The average molecular weight is 477 g/mol. The van der Waals surface area contributed by atoms with Crippen molar-refractivity contribution in [1.29, 1.82) is 0 Å². The smallest absolute Gasteiger partial charge is 0.407 e. The highest BCUT2D eigenvalue weighted by Crippen LogP contribution is 2.50. The fourth-order valence-corrected chi connectivity index (χ4v) is 6.17. The van der Waals surface area contributed by atoms with E-state index in [1.165, 1.54) is 22.3 Å². The molecule has 5 unspecified atom stereocenters. The molecule has 7 heteroatoms. The fourth-order valence-electron chi connectivity index (χ4n) is 6.17. The first-order valence-corrected chi connectivity index (χ1v) is 12.6. The largest absolute Gasteiger partial charge is 0.481 e. The number of rotatable bonds is 8. The maximum atomic E-state index is 12.6. The van der Waals surface area contributed by atoms with Crippen LogP contribution < -0.4 is 10.6 Å². The molecule has 2 amide bonds. The molecule has 5 rings (SSSR count). The second-order valence-electron chi connectivity index (χ2n) is 10.1. The molecule has 0 radical (unpaired) electrons. The van der Waals surface area contributed by atoms with Gasteiger partial charge in [0.1, 0.15) is 6.61 Å². The molecule has 0 heterocycles. The van der Waals surface area contributed by atoms with E-state index in [4.69, 9.17) is 4.74 Å². The van der Waals surface area contributed by atoms with E-state index in [1.807, 2.05) is 24.3 Å². The summed E-state index contributed by atoms with van der Waals surface area (Å²) >= 11 is 0. The molecule has 184 valence electrons. The SMILES string of the molecule is CCC(CNC(=O)C1CC2CC(NC(=O)OCC3c4ccccc4-c4ccccc43)C2C1)C(=O)O. The minimum atomic E-state index is -0.883. The molecule has 2 aromatic rings. The van der Waals surface area contributed by atoms with Crippen LogP contribution in [-0.2, 0) is 14.3 Å². The molecule has 7 nitrogen and oxygen atoms in total. The van der Waals surface area contributed by atoms with E-state index >= 15 is 0 Å². The summed E-state index contributed by atoms with van der Waals surface area (Å²) < 4.78 is 5.68. The van der Waals surface area contributed by atoms with Crippen molar-refractivity contribution in [2.45, 2.75) is 44.6 Å². The van der Waals surface area contributed by atoms with Gasteiger partial charge in [0.05, 0.1) is 5.92 Å². The predicted molar refractivity (Wildman–Crippen MR) is 131 cm³/mol. The number of alkyl carbamates (subject to hydrolysis) is 1. The molecule has 0 spiro atoms. The van der Waals surface area contributed by atoms with Crippen LogP contribution in [0.15, 0.2) is 48.5 Å². The van der Waals surface area contributed by atoms with Crippen molar-refractivity contribution in [2.24, 2.45) is 23.7 Å². The molecule has 2 aromatic carbocycles. The molecule has 2 fully saturated rings. The number of carbonyl (C=O) groups is 3. The molecule has 5 atom stereocenters. The van der Waals surface area contributed by atoms with Gasteiger partial charge >= 0.3 is 12.1 Å². The zero-order chi connectivity index (χ0) is 24.5. The maximum Gasteiger partial charge on any atom is 0.407 e. The van der Waals surface area contributed by atoms with E-state index in [9.17, 15) is 19.5 Å². The Morgan fingerprint density at radius 1 is 1.00 bits per heavy atom. The van der Waals surface area contributed by atoms with Crippen LogP contribution in [0.1, 0.15) is 49.7 Å². The number of aliphatic carboxylic acids is 1. The van der Waals surface area contributed by atoms with Crippen molar-refractivity contribution in [3.8, 4) is 11.1 Å². The molecule has 0 aromatic heterocycles. The van der Waals surface area contributed by atoms with Gasteiger partial charge in [-0.25, -0.2) is 4.79 Å². The van der Waals surface area contributed by atoms with Crippen LogP contribution in [0, 0.1) is 23.7 Å². The summed E-state index contributed by atoms with van der Waals surface area (Å²) in [7, 11) is 0. The molecular formula is C28H32N2O5. The first-order chi connectivity index (χ1) is 17.0. The second-order valence-corrected chi connectivity index (χ2v) is 10.1. The van der Waals surface area contributed by atoms with Gasteiger partial charge in [0.15, 0.2) is 0 Å². The monoisotopic (exact) mass is 476 g/mol. The van der Waals surface area contributed by atoms with Crippen LogP contribution in [-0.4, -0.2) is 42.3 Å². The third-order valence-electron chi connectivity index (χ3n) is 8.21. The van der Waals surface area contributed by atoms with Crippen molar-refractivity contribution in [1.82, 2.24) is 10.6 Å². The van der Waals surface area contributed by atoms with Crippen molar-refractivity contribution in [2.75, 3.05) is 13.2 Å². The zero-order valence-corrected chi connectivity index (χ0v) is 19.9. The van der Waals surface area contributed by atoms with Gasteiger partial charge in [-0.1, -0.05) is 55.5 Å². The summed E-state index contributed by atoms with van der Waals surface area (Å²) in [5.74, 6) is -0.908. The topological polar surface area (TPSA) is 105 Å². The first kappa shape index (κ1) is 23.4. The van der Waals surface area contributed by atoms with E-state index in [1.54, 1.807) is 6.92 Å². The lowest BCUT2D eigenvalue weighted by Gasteiger charge is -2.40. The normalized spacial score (nSPS) is 24.9. The Bertz CT molecular complexity index is 1090. The van der Waals surface area contributed by atoms with Gasteiger partial charge in [0.25, 0.3) is 0 Å². The van der Waals surface area contributed by atoms with Crippen LogP contribution in [0.3, 0.4) is 0 Å². The van der Waals surface area contributed by atoms with E-state index in [0.717, 1.165) is 12.8 Å². The Morgan fingerprint density at radius 3 is 2.29 bits per heavy atom. The number of benzene rings is 2. The van der Waals surface area contributed by atoms with Gasteiger partial charge < -0.3 is 20.5 Å². The van der Waals surface area contributed by atoms with Crippen LogP contribution in [0.5, 0.6) is 0 Å². The molecule has 3 aliphatic rings. The minimum absolute atomic E-state index is 0.0239. The Kier molecular flexibility index (Phi) is 6.50. The third kappa shape index (κ3) is 4.51. The average Bonchev–Trinajstić information content (AvgIpc) is 3.36. The van der Waals surface area contributed by atoms with Crippen LogP contribution in [0.2, 0.25) is 0 Å². The number of carbonyl (C=O) groups excluding carboxylic acids is 2. The van der Waals surface area contributed by atoms with Crippen molar-refractivity contribution >= 4 is 18.0 Å². The highest BCUT2D eigenvalue weighted by atomic mass is 16.5. The Hall–Kier alpha value is -3.35. The lowest BCUT2D eigenvalue weighted by atomic mass is 9.71. The number of amides is 2. The van der Waals surface area contributed by atoms with E-state index < -0.39 is 18.0 Å². The summed E-state index contributed by atoms with van der Waals surface area (Å²) in [4.78, 5) is 36.4. The van der Waals surface area contributed by atoms with Crippen molar-refractivity contribution < 1.29 is 24.2 Å². The predicted octanol–water partition coefficient (Wildman–Crippen LogP) is 4.17. The van der Waals surface area contributed by atoms with Crippen LogP contribution in [0.25, 0.3) is 11.1 Å². The molecule has 0 aliphatic heterocycles. The highest BCUT2D eigenvalue weighted by Gasteiger charge is 2.50. The third-order valence-corrected chi connectivity index (χ3v) is 8.21. The standard InChI is InChI=1S/C28H32N2O5/c1-2-16(27(32)33)14-29-26(31)18-11-17-13-25(23(17)12-18)30-28(34)35-15-24-21-9-5-3-7-19(21)20-8-4-6-10-22(20)24/h3-10,16-18,23-25H,2,11-15H2,1H3,(H,29,31)(H,30,34)(H,32,33). The van der Waals surface area contributed by atoms with Crippen molar-refractivity contribution in [3.63, 3.8) is 0 Å². The van der Waals surface area contributed by atoms with Crippen molar-refractivity contribution in [3.05, 3.63) is 59.7 Å². The molecule has 3 N–H and O–H groups in total. The lowest BCUT2D eigenvalue weighted by molar-refractivity contribution is -0.141. The Labute approximate surface area is 205 Å². The molecule has 35 heavy (non-hydrogen) atoms. The van der Waals surface area contributed by atoms with Gasteiger partial charge in [-0.05, 0) is 59.8 Å². The number of carboxylic acid groups (broad SMARTS) is 1. The molecule has 2 saturated carbocycles. The summed E-state index contributed by atoms with van der Waals surface area (Å²) in [6.45, 7) is 2.26. The van der Waals surface area contributed by atoms with Gasteiger partial charge in [-0.3, -0.25) is 9.59 Å². The fraction of sp³-hybridized carbons (Fsp3) is 0.464. The number of fused-ring (bicyclic) bond motifs is 4. The van der Waals surface area contributed by atoms with Gasteiger partial charge in [0.2, 0.25) is 5.91 Å². The van der Waals surface area contributed by atoms with Crippen LogP contribution >= 0.6 is 0 Å². The van der Waals surface area contributed by atoms with Gasteiger partial charge in [-0.15, -0.1) is 0 Å². The minimum Gasteiger partial charge on any atom is -0.481 e. The molecular weight excluding hydrogens is 444 g/mol. The van der Waals surface area contributed by atoms with E-state index in [0.29, 0.717) is 18.8 Å². The summed E-state index contributed by atoms with van der Waals surface area (Å²) in [6, 6.07) is 16.5. The summed E-state index contributed by atoms with van der Waals surface area (Å²) in [5.41, 5.74) is 4.76. The zero-order valence-electron chi connectivity index (χ0n) is 19.9. The first-order valence-electron chi connectivity index (χ1n) is 12.6. The number of ether oxygens (including phenoxy) is 1. The summed E-state index contributed by atoms with van der Waals surface area (Å²) in [6.07, 6.45) is 2.44. The number of hydrogen-bond donors (Lipinski definition) is 3. The maximum absolute atomic E-state index is 12.6. The molecule has 3 aliphatic carbocycles. The number of hydrogen-bond acceptors (Lipinski definition) is 4.